The third-order valence-electron chi connectivity index (χ3n) is 4.63. The van der Waals surface area contributed by atoms with Crippen LogP contribution in [0.15, 0.2) is 97.1 Å². The van der Waals surface area contributed by atoms with Gasteiger partial charge in [0.2, 0.25) is 0 Å². The molecule has 0 bridgehead atoms. The van der Waals surface area contributed by atoms with Gasteiger partial charge in [-0.15, -0.1) is 0 Å². The first kappa shape index (κ1) is 17.8. The molecular weight excluding hydrogens is 354 g/mol. The fourth-order valence-electron chi connectivity index (χ4n) is 3.18. The van der Waals surface area contributed by atoms with Crippen molar-refractivity contribution in [3.63, 3.8) is 0 Å². The molecule has 4 aromatic carbocycles. The van der Waals surface area contributed by atoms with Crippen LogP contribution in [0.25, 0.3) is 22.3 Å². The lowest BCUT2D eigenvalue weighted by Gasteiger charge is -2.12. The van der Waals surface area contributed by atoms with Gasteiger partial charge in [0.1, 0.15) is 11.6 Å². The molecule has 0 aromatic heterocycles. The molecule has 0 N–H and O–H groups in total. The third-order valence-corrected chi connectivity index (χ3v) is 4.63. The van der Waals surface area contributed by atoms with E-state index in [4.69, 9.17) is 0 Å². The first-order chi connectivity index (χ1) is 13.6. The Morgan fingerprint density at radius 1 is 0.571 bits per heavy atom. The molecule has 28 heavy (non-hydrogen) atoms. The number of ketones is 1. The Morgan fingerprint density at radius 3 is 1.79 bits per heavy atom. The van der Waals surface area contributed by atoms with E-state index in [1.54, 1.807) is 12.1 Å². The molecule has 1 nitrogen and oxygen atoms in total. The molecular formula is C25H16F2O. The zero-order valence-electron chi connectivity index (χ0n) is 14.9. The van der Waals surface area contributed by atoms with Crippen LogP contribution < -0.4 is 0 Å². The molecule has 0 fully saturated rings. The Labute approximate surface area is 161 Å². The van der Waals surface area contributed by atoms with Crippen molar-refractivity contribution in [1.82, 2.24) is 0 Å². The first-order valence-electron chi connectivity index (χ1n) is 8.87. The van der Waals surface area contributed by atoms with Gasteiger partial charge in [0.25, 0.3) is 0 Å². The van der Waals surface area contributed by atoms with Crippen LogP contribution >= 0.6 is 0 Å². The van der Waals surface area contributed by atoms with E-state index in [-0.39, 0.29) is 11.6 Å². The minimum atomic E-state index is -0.395. The highest BCUT2D eigenvalue weighted by atomic mass is 19.1. The van der Waals surface area contributed by atoms with Crippen molar-refractivity contribution < 1.29 is 13.6 Å². The number of carbonyl (C=O) groups is 1. The fraction of sp³-hybridized carbons (Fsp3) is 0. The molecule has 0 radical (unpaired) electrons. The SMILES string of the molecule is O=C(c1ccc(F)cc1)c1cc(-c2ccccc2)ccc1-c1ccc(F)cc1. The van der Waals surface area contributed by atoms with Gasteiger partial charge < -0.3 is 0 Å². The topological polar surface area (TPSA) is 17.1 Å². The van der Waals surface area contributed by atoms with Gasteiger partial charge in [-0.3, -0.25) is 4.79 Å². The minimum Gasteiger partial charge on any atom is -0.289 e. The molecule has 0 atom stereocenters. The second-order valence-electron chi connectivity index (χ2n) is 6.47. The van der Waals surface area contributed by atoms with Crippen molar-refractivity contribution in [2.24, 2.45) is 0 Å². The monoisotopic (exact) mass is 370 g/mol. The van der Waals surface area contributed by atoms with Crippen molar-refractivity contribution in [2.45, 2.75) is 0 Å². The summed E-state index contributed by atoms with van der Waals surface area (Å²) in [5, 5.41) is 0. The van der Waals surface area contributed by atoms with Gasteiger partial charge in [-0.1, -0.05) is 54.6 Å². The molecule has 0 unspecified atom stereocenters. The number of hydrogen-bond acceptors (Lipinski definition) is 1. The van der Waals surface area contributed by atoms with Gasteiger partial charge in [-0.25, -0.2) is 8.78 Å². The molecule has 136 valence electrons. The molecule has 0 heterocycles. The van der Waals surface area contributed by atoms with Crippen LogP contribution in [0.3, 0.4) is 0 Å². The lowest BCUT2D eigenvalue weighted by atomic mass is 9.90. The van der Waals surface area contributed by atoms with E-state index in [9.17, 15) is 13.6 Å². The Morgan fingerprint density at radius 2 is 1.14 bits per heavy atom. The van der Waals surface area contributed by atoms with E-state index in [0.717, 1.165) is 16.7 Å². The summed E-state index contributed by atoms with van der Waals surface area (Å²) in [4.78, 5) is 13.2. The molecule has 0 aliphatic rings. The summed E-state index contributed by atoms with van der Waals surface area (Å²) < 4.78 is 26.6. The molecule has 4 rings (SSSR count). The smallest absolute Gasteiger partial charge is 0.193 e. The van der Waals surface area contributed by atoms with Crippen molar-refractivity contribution in [3.05, 3.63) is 120 Å². The van der Waals surface area contributed by atoms with Gasteiger partial charge in [0.05, 0.1) is 0 Å². The average Bonchev–Trinajstić information content (AvgIpc) is 2.75. The summed E-state index contributed by atoms with van der Waals surface area (Å²) in [5.41, 5.74) is 4.22. The summed E-state index contributed by atoms with van der Waals surface area (Å²) in [5.74, 6) is -0.943. The minimum absolute atomic E-state index is 0.211. The highest BCUT2D eigenvalue weighted by Gasteiger charge is 2.16. The second kappa shape index (κ2) is 7.57. The number of carbonyl (C=O) groups excluding carboxylic acids is 1. The average molecular weight is 370 g/mol. The zero-order valence-corrected chi connectivity index (χ0v) is 14.9. The molecule has 0 aliphatic carbocycles. The number of halogens is 2. The summed E-state index contributed by atoms with van der Waals surface area (Å²) in [6.07, 6.45) is 0. The maximum Gasteiger partial charge on any atom is 0.193 e. The van der Waals surface area contributed by atoms with Crippen LogP contribution in [0.4, 0.5) is 8.78 Å². The van der Waals surface area contributed by atoms with E-state index in [1.807, 2.05) is 48.5 Å². The first-order valence-corrected chi connectivity index (χ1v) is 8.87. The fourth-order valence-corrected chi connectivity index (χ4v) is 3.18. The summed E-state index contributed by atoms with van der Waals surface area (Å²) >= 11 is 0. The summed E-state index contributed by atoms with van der Waals surface area (Å²) in [6, 6.07) is 26.9. The van der Waals surface area contributed by atoms with Crippen molar-refractivity contribution in [1.29, 1.82) is 0 Å². The van der Waals surface area contributed by atoms with Crippen LogP contribution in [0, 0.1) is 11.6 Å². The molecule has 0 amide bonds. The van der Waals surface area contributed by atoms with Crippen LogP contribution in [0.5, 0.6) is 0 Å². The summed E-state index contributed by atoms with van der Waals surface area (Å²) in [6.45, 7) is 0. The summed E-state index contributed by atoms with van der Waals surface area (Å²) in [7, 11) is 0. The maximum absolute atomic E-state index is 13.3. The number of benzene rings is 4. The zero-order chi connectivity index (χ0) is 19.5. The van der Waals surface area contributed by atoms with Gasteiger partial charge in [-0.2, -0.15) is 0 Å². The van der Waals surface area contributed by atoms with E-state index in [2.05, 4.69) is 0 Å². The highest BCUT2D eigenvalue weighted by Crippen LogP contribution is 2.31. The van der Waals surface area contributed by atoms with Gasteiger partial charge in [0, 0.05) is 11.1 Å². The van der Waals surface area contributed by atoms with Crippen molar-refractivity contribution in [3.8, 4) is 22.3 Å². The number of hydrogen-bond donors (Lipinski definition) is 0. The lowest BCUT2D eigenvalue weighted by Crippen LogP contribution is -2.04. The molecule has 0 spiro atoms. The maximum atomic E-state index is 13.3. The van der Waals surface area contributed by atoms with Crippen LogP contribution in [0.2, 0.25) is 0 Å². The Balaban J connectivity index is 1.87. The van der Waals surface area contributed by atoms with E-state index in [1.165, 1.54) is 36.4 Å². The normalized spacial score (nSPS) is 10.6. The molecule has 4 aromatic rings. The third kappa shape index (κ3) is 3.60. The van der Waals surface area contributed by atoms with E-state index < -0.39 is 5.82 Å². The highest BCUT2D eigenvalue weighted by molar-refractivity contribution is 6.13. The molecule has 0 saturated carbocycles. The van der Waals surface area contributed by atoms with Crippen LogP contribution in [-0.4, -0.2) is 5.78 Å². The molecule has 0 aliphatic heterocycles. The lowest BCUT2D eigenvalue weighted by molar-refractivity contribution is 0.103. The number of rotatable bonds is 4. The molecule has 0 saturated heterocycles. The van der Waals surface area contributed by atoms with Crippen LogP contribution in [-0.2, 0) is 0 Å². The van der Waals surface area contributed by atoms with Crippen molar-refractivity contribution in [2.75, 3.05) is 0 Å². The van der Waals surface area contributed by atoms with Gasteiger partial charge in [-0.05, 0) is 64.7 Å². The van der Waals surface area contributed by atoms with E-state index in [0.29, 0.717) is 16.7 Å². The Bertz CT molecular complexity index is 1120. The Hall–Kier alpha value is -3.59. The van der Waals surface area contributed by atoms with Crippen molar-refractivity contribution >= 4 is 5.78 Å². The van der Waals surface area contributed by atoms with Gasteiger partial charge in [0.15, 0.2) is 5.78 Å². The van der Waals surface area contributed by atoms with E-state index >= 15 is 0 Å². The Kier molecular flexibility index (Phi) is 4.81. The quantitative estimate of drug-likeness (QED) is 0.373. The predicted molar refractivity (Wildman–Crippen MR) is 107 cm³/mol. The predicted octanol–water partition coefficient (Wildman–Crippen LogP) is 6.53. The standard InChI is InChI=1S/C25H16F2O/c26-21-11-6-18(7-12-21)23-15-10-20(17-4-2-1-3-5-17)16-24(23)25(28)19-8-13-22(27)14-9-19/h1-16H. The van der Waals surface area contributed by atoms with Crippen LogP contribution in [0.1, 0.15) is 15.9 Å². The van der Waals surface area contributed by atoms with Gasteiger partial charge >= 0.3 is 0 Å². The second-order valence-corrected chi connectivity index (χ2v) is 6.47. The largest absolute Gasteiger partial charge is 0.289 e. The molecule has 3 heteroatoms.